The van der Waals surface area contributed by atoms with Gasteiger partial charge in [-0.1, -0.05) is 0 Å². The topological polar surface area (TPSA) is 93.7 Å². The number of aromatic nitrogens is 5. The molecule has 0 radical (unpaired) electrons. The second kappa shape index (κ2) is 5.33. The van der Waals surface area contributed by atoms with E-state index in [1.54, 1.807) is 24.4 Å². The van der Waals surface area contributed by atoms with E-state index in [2.05, 4.69) is 25.1 Å². The number of aromatic amines is 1. The van der Waals surface area contributed by atoms with Gasteiger partial charge in [-0.2, -0.15) is 5.10 Å². The van der Waals surface area contributed by atoms with E-state index in [4.69, 9.17) is 4.74 Å². The summed E-state index contributed by atoms with van der Waals surface area (Å²) < 4.78 is 17.2. The average Bonchev–Trinajstić information content (AvgIpc) is 2.92. The largest absolute Gasteiger partial charge is 0.480 e. The number of fused-ring (bicyclic) bond motifs is 1. The van der Waals surface area contributed by atoms with Crippen LogP contribution >= 0.6 is 0 Å². The lowest BCUT2D eigenvalue weighted by molar-refractivity contribution is 0.391. The molecule has 3 aromatic rings. The van der Waals surface area contributed by atoms with E-state index >= 15 is 0 Å². The van der Waals surface area contributed by atoms with E-state index in [1.165, 1.54) is 7.11 Å². The lowest BCUT2D eigenvalue weighted by atomic mass is 10.4. The first-order valence-electron chi connectivity index (χ1n) is 5.82. The number of pyridine rings is 1. The molecule has 0 fully saturated rings. The minimum Gasteiger partial charge on any atom is -0.480 e. The Balaban J connectivity index is 1.81. The first-order valence-corrected chi connectivity index (χ1v) is 7.14. The van der Waals surface area contributed by atoms with Crippen molar-refractivity contribution in [3.05, 3.63) is 36.2 Å². The Labute approximate surface area is 116 Å². The van der Waals surface area contributed by atoms with Gasteiger partial charge in [-0.15, -0.1) is 5.10 Å². The lowest BCUT2D eigenvalue weighted by Crippen LogP contribution is -2.02. The van der Waals surface area contributed by atoms with Crippen LogP contribution in [-0.2, 0) is 16.6 Å². The van der Waals surface area contributed by atoms with Crippen LogP contribution in [0.25, 0.3) is 11.2 Å². The summed E-state index contributed by atoms with van der Waals surface area (Å²) in [6, 6.07) is 7.04. The first kappa shape index (κ1) is 12.7. The van der Waals surface area contributed by atoms with Gasteiger partial charge in [-0.25, -0.2) is 9.97 Å². The number of ether oxygens (including phenoxy) is 1. The van der Waals surface area contributed by atoms with Crippen molar-refractivity contribution in [3.8, 4) is 5.88 Å². The van der Waals surface area contributed by atoms with E-state index in [-0.39, 0.29) is 5.75 Å². The van der Waals surface area contributed by atoms with Crippen LogP contribution in [0.15, 0.2) is 35.6 Å². The van der Waals surface area contributed by atoms with Crippen molar-refractivity contribution in [2.45, 2.75) is 10.9 Å². The SMILES string of the molecule is COc1ccc(CS(=O)c2nc3ncccc3[nH]2)nn1. The van der Waals surface area contributed by atoms with Gasteiger partial charge in [-0.3, -0.25) is 4.21 Å². The van der Waals surface area contributed by atoms with Crippen LogP contribution in [0.3, 0.4) is 0 Å². The molecule has 3 heterocycles. The molecule has 0 aliphatic rings. The molecule has 3 aromatic heterocycles. The summed E-state index contributed by atoms with van der Waals surface area (Å²) in [5, 5.41) is 8.17. The molecule has 1 N–H and O–H groups in total. The summed E-state index contributed by atoms with van der Waals surface area (Å²) in [5.74, 6) is 0.657. The number of hydrogen-bond acceptors (Lipinski definition) is 6. The van der Waals surface area contributed by atoms with Crippen LogP contribution in [0.4, 0.5) is 0 Å². The zero-order valence-electron chi connectivity index (χ0n) is 10.6. The molecule has 0 bridgehead atoms. The van der Waals surface area contributed by atoms with Crippen molar-refractivity contribution < 1.29 is 8.95 Å². The van der Waals surface area contributed by atoms with Crippen LogP contribution in [0, 0.1) is 0 Å². The molecule has 3 rings (SSSR count). The summed E-state index contributed by atoms with van der Waals surface area (Å²) in [5.41, 5.74) is 1.92. The Morgan fingerprint density at radius 3 is 2.90 bits per heavy atom. The van der Waals surface area contributed by atoms with E-state index < -0.39 is 10.8 Å². The summed E-state index contributed by atoms with van der Waals surface area (Å²) in [7, 11) is 0.192. The number of nitrogens with zero attached hydrogens (tertiary/aromatic N) is 4. The van der Waals surface area contributed by atoms with E-state index in [0.717, 1.165) is 5.52 Å². The lowest BCUT2D eigenvalue weighted by Gasteiger charge is -2.00. The Hall–Kier alpha value is -2.35. The highest BCUT2D eigenvalue weighted by Crippen LogP contribution is 2.13. The maximum atomic E-state index is 12.2. The molecule has 7 nitrogen and oxygen atoms in total. The molecule has 0 saturated heterocycles. The zero-order valence-corrected chi connectivity index (χ0v) is 11.4. The fraction of sp³-hybridized carbons (Fsp3) is 0.167. The monoisotopic (exact) mass is 289 g/mol. The van der Waals surface area contributed by atoms with Crippen molar-refractivity contribution in [3.63, 3.8) is 0 Å². The highest BCUT2D eigenvalue weighted by atomic mass is 32.2. The summed E-state index contributed by atoms with van der Waals surface area (Å²) in [4.78, 5) is 11.3. The third-order valence-electron chi connectivity index (χ3n) is 2.63. The van der Waals surface area contributed by atoms with E-state index in [1.807, 2.05) is 6.07 Å². The predicted octanol–water partition coefficient (Wildman–Crippen LogP) is 1.06. The number of nitrogens with one attached hydrogen (secondary N) is 1. The third-order valence-corrected chi connectivity index (χ3v) is 3.82. The highest BCUT2D eigenvalue weighted by Gasteiger charge is 2.12. The van der Waals surface area contributed by atoms with Gasteiger partial charge >= 0.3 is 0 Å². The second-order valence-corrected chi connectivity index (χ2v) is 5.34. The number of rotatable bonds is 4. The quantitative estimate of drug-likeness (QED) is 0.772. The van der Waals surface area contributed by atoms with Crippen LogP contribution in [0.1, 0.15) is 5.69 Å². The van der Waals surface area contributed by atoms with Gasteiger partial charge in [0.05, 0.1) is 34.9 Å². The molecule has 0 spiro atoms. The van der Waals surface area contributed by atoms with Gasteiger partial charge in [0.2, 0.25) is 5.88 Å². The second-order valence-electron chi connectivity index (χ2n) is 3.97. The molecule has 102 valence electrons. The van der Waals surface area contributed by atoms with Crippen molar-refractivity contribution in [2.24, 2.45) is 0 Å². The first-order chi connectivity index (χ1) is 9.76. The van der Waals surface area contributed by atoms with Crippen LogP contribution in [-0.4, -0.2) is 36.5 Å². The molecular formula is C12H11N5O2S. The maximum absolute atomic E-state index is 12.2. The number of methoxy groups -OCH3 is 1. The van der Waals surface area contributed by atoms with Crippen LogP contribution in [0.5, 0.6) is 5.88 Å². The normalized spacial score (nSPS) is 12.4. The molecular weight excluding hydrogens is 278 g/mol. The predicted molar refractivity (Wildman–Crippen MR) is 72.6 cm³/mol. The van der Waals surface area contributed by atoms with E-state index in [0.29, 0.717) is 22.4 Å². The molecule has 0 aliphatic carbocycles. The Kier molecular flexibility index (Phi) is 3.38. The summed E-state index contributed by atoms with van der Waals surface area (Å²) in [6.45, 7) is 0. The molecule has 20 heavy (non-hydrogen) atoms. The van der Waals surface area contributed by atoms with Gasteiger partial charge < -0.3 is 9.72 Å². The van der Waals surface area contributed by atoms with Gasteiger partial charge in [-0.05, 0) is 18.2 Å². The number of H-pyrrole nitrogens is 1. The molecule has 0 saturated carbocycles. The Bertz CT molecular complexity index is 723. The summed E-state index contributed by atoms with van der Waals surface area (Å²) in [6.07, 6.45) is 1.64. The van der Waals surface area contributed by atoms with Crippen molar-refractivity contribution in [1.82, 2.24) is 25.1 Å². The summed E-state index contributed by atoms with van der Waals surface area (Å²) >= 11 is 0. The van der Waals surface area contributed by atoms with Crippen LogP contribution < -0.4 is 4.74 Å². The minimum atomic E-state index is -1.33. The van der Waals surface area contributed by atoms with Crippen molar-refractivity contribution in [2.75, 3.05) is 7.11 Å². The van der Waals surface area contributed by atoms with Gasteiger partial charge in [0.25, 0.3) is 0 Å². The molecule has 1 unspecified atom stereocenters. The van der Waals surface area contributed by atoms with Crippen LogP contribution in [0.2, 0.25) is 0 Å². The minimum absolute atomic E-state index is 0.233. The average molecular weight is 289 g/mol. The fourth-order valence-electron chi connectivity index (χ4n) is 1.67. The Morgan fingerprint density at radius 2 is 2.20 bits per heavy atom. The molecule has 0 amide bonds. The molecule has 8 heteroatoms. The number of imidazole rings is 1. The van der Waals surface area contributed by atoms with E-state index in [9.17, 15) is 4.21 Å². The molecule has 1 atom stereocenters. The molecule has 0 aliphatic heterocycles. The van der Waals surface area contributed by atoms with Gasteiger partial charge in [0.1, 0.15) is 0 Å². The van der Waals surface area contributed by atoms with Crippen molar-refractivity contribution in [1.29, 1.82) is 0 Å². The smallest absolute Gasteiger partial charge is 0.233 e. The Morgan fingerprint density at radius 1 is 1.30 bits per heavy atom. The van der Waals surface area contributed by atoms with Crippen molar-refractivity contribution >= 4 is 22.0 Å². The fourth-order valence-corrected chi connectivity index (χ4v) is 2.64. The zero-order chi connectivity index (χ0) is 13.9. The maximum Gasteiger partial charge on any atom is 0.233 e. The van der Waals surface area contributed by atoms with Gasteiger partial charge in [0, 0.05) is 12.3 Å². The molecule has 0 aromatic carbocycles. The third kappa shape index (κ3) is 2.50. The van der Waals surface area contributed by atoms with Gasteiger partial charge in [0.15, 0.2) is 10.8 Å². The highest BCUT2D eigenvalue weighted by molar-refractivity contribution is 7.84. The standard InChI is InChI=1S/C12H11N5O2S/c1-19-10-5-4-8(16-17-10)7-20(18)12-14-9-3-2-6-13-11(9)15-12/h2-6H,7H2,1H3,(H,13,14,15). The number of hydrogen-bond donors (Lipinski definition) is 1.